The third kappa shape index (κ3) is 4.79. The van der Waals surface area contributed by atoms with Crippen LogP contribution < -0.4 is 14.2 Å². The maximum absolute atomic E-state index is 13.8. The summed E-state index contributed by atoms with van der Waals surface area (Å²) in [4.78, 5) is 16.6. The smallest absolute Gasteiger partial charge is 0.227 e. The number of halogens is 1. The van der Waals surface area contributed by atoms with Gasteiger partial charge in [0.05, 0.1) is 27.8 Å². The standard InChI is InChI=1S/C22H27FN2O4/c1-27-19-9-8-17(21(28-2)22(19)29-3)15-24-10-12-25(13-11-24)20(26)14-16-6-4-5-7-18(16)23/h4-9H,10-15H2,1-3H3. The Bertz CT molecular complexity index is 851. The van der Waals surface area contributed by atoms with Gasteiger partial charge in [0.25, 0.3) is 0 Å². The first-order valence-corrected chi connectivity index (χ1v) is 9.58. The summed E-state index contributed by atoms with van der Waals surface area (Å²) < 4.78 is 30.1. The molecule has 156 valence electrons. The number of methoxy groups -OCH3 is 3. The van der Waals surface area contributed by atoms with Gasteiger partial charge in [0.1, 0.15) is 5.82 Å². The lowest BCUT2D eigenvalue weighted by Crippen LogP contribution is -2.48. The molecule has 1 heterocycles. The van der Waals surface area contributed by atoms with Gasteiger partial charge in [-0.15, -0.1) is 0 Å². The highest BCUT2D eigenvalue weighted by Gasteiger charge is 2.24. The number of rotatable bonds is 7. The van der Waals surface area contributed by atoms with Gasteiger partial charge >= 0.3 is 0 Å². The maximum atomic E-state index is 13.8. The molecule has 1 saturated heterocycles. The minimum Gasteiger partial charge on any atom is -0.493 e. The van der Waals surface area contributed by atoms with E-state index in [-0.39, 0.29) is 18.1 Å². The molecule has 3 rings (SSSR count). The highest BCUT2D eigenvalue weighted by Crippen LogP contribution is 2.40. The van der Waals surface area contributed by atoms with Gasteiger partial charge < -0.3 is 19.1 Å². The molecule has 0 unspecified atom stereocenters. The third-order valence-corrected chi connectivity index (χ3v) is 5.20. The second-order valence-electron chi connectivity index (χ2n) is 6.92. The van der Waals surface area contributed by atoms with E-state index in [1.807, 2.05) is 12.1 Å². The van der Waals surface area contributed by atoms with Crippen LogP contribution in [0.3, 0.4) is 0 Å². The number of nitrogens with zero attached hydrogens (tertiary/aromatic N) is 2. The normalized spacial score (nSPS) is 14.6. The van der Waals surface area contributed by atoms with Crippen molar-refractivity contribution in [3.05, 3.63) is 53.3 Å². The first-order chi connectivity index (χ1) is 14.1. The Morgan fingerprint density at radius 2 is 1.59 bits per heavy atom. The monoisotopic (exact) mass is 402 g/mol. The number of ether oxygens (including phenoxy) is 3. The molecule has 0 spiro atoms. The lowest BCUT2D eigenvalue weighted by molar-refractivity contribution is -0.132. The van der Waals surface area contributed by atoms with E-state index in [0.29, 0.717) is 42.4 Å². The Labute approximate surface area is 170 Å². The molecule has 0 radical (unpaired) electrons. The summed E-state index contributed by atoms with van der Waals surface area (Å²) in [5.41, 5.74) is 1.44. The van der Waals surface area contributed by atoms with E-state index < -0.39 is 0 Å². The molecule has 1 aliphatic rings. The van der Waals surface area contributed by atoms with Crippen molar-refractivity contribution >= 4 is 5.91 Å². The van der Waals surface area contributed by atoms with Gasteiger partial charge in [0.2, 0.25) is 11.7 Å². The average Bonchev–Trinajstić information content (AvgIpc) is 2.75. The fraction of sp³-hybridized carbons (Fsp3) is 0.409. The molecule has 2 aromatic carbocycles. The van der Waals surface area contributed by atoms with E-state index in [9.17, 15) is 9.18 Å². The van der Waals surface area contributed by atoms with Crippen LogP contribution in [0.5, 0.6) is 17.2 Å². The van der Waals surface area contributed by atoms with E-state index in [0.717, 1.165) is 18.7 Å². The molecule has 7 heteroatoms. The summed E-state index contributed by atoms with van der Waals surface area (Å²) in [5.74, 6) is 1.48. The number of benzene rings is 2. The van der Waals surface area contributed by atoms with Crippen molar-refractivity contribution in [3.63, 3.8) is 0 Å². The molecular formula is C22H27FN2O4. The predicted molar refractivity (Wildman–Crippen MR) is 108 cm³/mol. The van der Waals surface area contributed by atoms with E-state index in [4.69, 9.17) is 14.2 Å². The van der Waals surface area contributed by atoms with Crippen molar-refractivity contribution in [2.75, 3.05) is 47.5 Å². The topological polar surface area (TPSA) is 51.2 Å². The van der Waals surface area contributed by atoms with Crippen LogP contribution in [0.2, 0.25) is 0 Å². The van der Waals surface area contributed by atoms with Crippen molar-refractivity contribution in [2.24, 2.45) is 0 Å². The molecule has 0 aromatic heterocycles. The molecule has 1 fully saturated rings. The van der Waals surface area contributed by atoms with Gasteiger partial charge in [0.15, 0.2) is 11.5 Å². The van der Waals surface area contributed by atoms with E-state index in [1.54, 1.807) is 44.4 Å². The van der Waals surface area contributed by atoms with Crippen molar-refractivity contribution in [1.29, 1.82) is 0 Å². The van der Waals surface area contributed by atoms with Crippen LogP contribution in [0.15, 0.2) is 36.4 Å². The van der Waals surface area contributed by atoms with Gasteiger partial charge in [-0.2, -0.15) is 0 Å². The lowest BCUT2D eigenvalue weighted by Gasteiger charge is -2.35. The SMILES string of the molecule is COc1ccc(CN2CCN(C(=O)Cc3ccccc3F)CC2)c(OC)c1OC. The zero-order valence-corrected chi connectivity index (χ0v) is 17.1. The first kappa shape index (κ1) is 20.9. The van der Waals surface area contributed by atoms with Gasteiger partial charge in [-0.05, 0) is 17.7 Å². The van der Waals surface area contributed by atoms with Crippen molar-refractivity contribution in [2.45, 2.75) is 13.0 Å². The van der Waals surface area contributed by atoms with Crippen LogP contribution in [-0.2, 0) is 17.8 Å². The first-order valence-electron chi connectivity index (χ1n) is 9.58. The number of hydrogen-bond donors (Lipinski definition) is 0. The zero-order chi connectivity index (χ0) is 20.8. The Morgan fingerprint density at radius 3 is 2.21 bits per heavy atom. The molecule has 0 N–H and O–H groups in total. The average molecular weight is 402 g/mol. The molecule has 1 amide bonds. The molecule has 1 aliphatic heterocycles. The molecule has 2 aromatic rings. The van der Waals surface area contributed by atoms with E-state index in [1.165, 1.54) is 6.07 Å². The molecular weight excluding hydrogens is 375 g/mol. The maximum Gasteiger partial charge on any atom is 0.227 e. The summed E-state index contributed by atoms with van der Waals surface area (Å²) in [6.45, 7) is 3.38. The number of amides is 1. The summed E-state index contributed by atoms with van der Waals surface area (Å²) in [7, 11) is 4.79. The van der Waals surface area contributed by atoms with Crippen LogP contribution in [0.25, 0.3) is 0 Å². The van der Waals surface area contributed by atoms with Gasteiger partial charge in [-0.1, -0.05) is 24.3 Å². The van der Waals surface area contributed by atoms with Crippen molar-refractivity contribution < 1.29 is 23.4 Å². The summed E-state index contributed by atoms with van der Waals surface area (Å²) in [6, 6.07) is 10.3. The van der Waals surface area contributed by atoms with Gasteiger partial charge in [-0.3, -0.25) is 9.69 Å². The van der Waals surface area contributed by atoms with Crippen LogP contribution in [-0.4, -0.2) is 63.2 Å². The number of hydrogen-bond acceptors (Lipinski definition) is 5. The number of carbonyl (C=O) groups is 1. The summed E-state index contributed by atoms with van der Waals surface area (Å²) in [6.07, 6.45) is 0.0934. The van der Waals surface area contributed by atoms with Crippen molar-refractivity contribution in [1.82, 2.24) is 9.80 Å². The minimum atomic E-state index is -0.333. The number of piperazine rings is 1. The Kier molecular flexibility index (Phi) is 6.93. The fourth-order valence-corrected chi connectivity index (χ4v) is 3.60. The zero-order valence-electron chi connectivity index (χ0n) is 17.1. The van der Waals surface area contributed by atoms with E-state index in [2.05, 4.69) is 4.90 Å². The predicted octanol–water partition coefficient (Wildman–Crippen LogP) is 2.74. The number of carbonyl (C=O) groups excluding carboxylic acids is 1. The van der Waals surface area contributed by atoms with Crippen molar-refractivity contribution in [3.8, 4) is 17.2 Å². The second-order valence-corrected chi connectivity index (χ2v) is 6.92. The molecule has 6 nitrogen and oxygen atoms in total. The highest BCUT2D eigenvalue weighted by molar-refractivity contribution is 5.79. The third-order valence-electron chi connectivity index (χ3n) is 5.20. The Morgan fingerprint density at radius 1 is 0.897 bits per heavy atom. The molecule has 0 aliphatic carbocycles. The summed E-state index contributed by atoms with van der Waals surface area (Å²) >= 11 is 0. The van der Waals surface area contributed by atoms with Crippen LogP contribution in [0.1, 0.15) is 11.1 Å². The van der Waals surface area contributed by atoms with Crippen LogP contribution in [0, 0.1) is 5.82 Å². The lowest BCUT2D eigenvalue weighted by atomic mass is 10.1. The fourth-order valence-electron chi connectivity index (χ4n) is 3.60. The molecule has 29 heavy (non-hydrogen) atoms. The molecule has 0 bridgehead atoms. The quantitative estimate of drug-likeness (QED) is 0.713. The van der Waals surface area contributed by atoms with Crippen LogP contribution in [0.4, 0.5) is 4.39 Å². The minimum absolute atomic E-state index is 0.0431. The molecule has 0 atom stereocenters. The Balaban J connectivity index is 1.60. The van der Waals surface area contributed by atoms with E-state index >= 15 is 0 Å². The Hall–Kier alpha value is -2.80. The largest absolute Gasteiger partial charge is 0.493 e. The second kappa shape index (κ2) is 9.60. The molecule has 0 saturated carbocycles. The highest BCUT2D eigenvalue weighted by atomic mass is 19.1. The van der Waals surface area contributed by atoms with Gasteiger partial charge in [0, 0.05) is 38.3 Å². The summed E-state index contributed by atoms with van der Waals surface area (Å²) in [5, 5.41) is 0. The van der Waals surface area contributed by atoms with Crippen LogP contribution >= 0.6 is 0 Å². The van der Waals surface area contributed by atoms with Gasteiger partial charge in [-0.25, -0.2) is 4.39 Å².